The average molecular weight is 245 g/mol. The molecule has 1 aromatic heterocycles. The summed E-state index contributed by atoms with van der Waals surface area (Å²) >= 11 is 1.47. The molecule has 2 N–H and O–H groups in total. The summed E-state index contributed by atoms with van der Waals surface area (Å²) in [4.78, 5) is 0. The van der Waals surface area contributed by atoms with Crippen molar-refractivity contribution in [2.24, 2.45) is 0 Å². The second-order valence-electron chi connectivity index (χ2n) is 4.14. The van der Waals surface area contributed by atoms with Crippen molar-refractivity contribution in [3.63, 3.8) is 0 Å². The SMILES string of the molecule is CCNCCn1nnnc1SCC(C)(C)O. The van der Waals surface area contributed by atoms with Gasteiger partial charge in [0.15, 0.2) is 0 Å². The third-order valence-electron chi connectivity index (χ3n) is 1.80. The molecule has 0 saturated heterocycles. The van der Waals surface area contributed by atoms with Crippen molar-refractivity contribution in [3.8, 4) is 0 Å². The van der Waals surface area contributed by atoms with Crippen molar-refractivity contribution in [1.82, 2.24) is 25.5 Å². The van der Waals surface area contributed by atoms with Gasteiger partial charge in [0.05, 0.1) is 12.1 Å². The van der Waals surface area contributed by atoms with Crippen LogP contribution in [-0.2, 0) is 6.54 Å². The van der Waals surface area contributed by atoms with Gasteiger partial charge in [0, 0.05) is 12.3 Å². The molecule has 0 radical (unpaired) electrons. The molecule has 0 aliphatic heterocycles. The first-order chi connectivity index (χ1) is 7.53. The van der Waals surface area contributed by atoms with Crippen LogP contribution in [0.2, 0.25) is 0 Å². The lowest BCUT2D eigenvalue weighted by atomic mass is 10.2. The lowest BCUT2D eigenvalue weighted by Gasteiger charge is -2.15. The molecule has 0 amide bonds. The predicted molar refractivity (Wildman–Crippen MR) is 63.4 cm³/mol. The Bertz CT molecular complexity index is 309. The standard InChI is InChI=1S/C9H19N5OS/c1-4-10-5-6-14-8(11-12-13-14)16-7-9(2,3)15/h10,15H,4-7H2,1-3H3. The van der Waals surface area contributed by atoms with Gasteiger partial charge in [-0.3, -0.25) is 0 Å². The Morgan fingerprint density at radius 3 is 2.88 bits per heavy atom. The van der Waals surface area contributed by atoms with E-state index in [1.807, 2.05) is 0 Å². The number of aliphatic hydroxyl groups is 1. The second kappa shape index (κ2) is 6.17. The second-order valence-corrected chi connectivity index (χ2v) is 5.08. The monoisotopic (exact) mass is 245 g/mol. The van der Waals surface area contributed by atoms with E-state index in [9.17, 15) is 5.11 Å². The lowest BCUT2D eigenvalue weighted by molar-refractivity contribution is 0.107. The molecule has 1 rings (SSSR count). The van der Waals surface area contributed by atoms with Crippen molar-refractivity contribution in [2.45, 2.75) is 38.1 Å². The Kier molecular flexibility index (Phi) is 5.17. The van der Waals surface area contributed by atoms with Gasteiger partial charge in [-0.25, -0.2) is 4.68 Å². The smallest absolute Gasteiger partial charge is 0.209 e. The fourth-order valence-electron chi connectivity index (χ4n) is 1.04. The number of rotatable bonds is 7. The number of likely N-dealkylation sites (N-methyl/N-ethyl adjacent to an activating group) is 1. The number of nitrogens with zero attached hydrogens (tertiary/aromatic N) is 4. The molecule has 0 saturated carbocycles. The minimum absolute atomic E-state index is 0.578. The van der Waals surface area contributed by atoms with E-state index in [1.54, 1.807) is 18.5 Å². The highest BCUT2D eigenvalue weighted by Crippen LogP contribution is 2.19. The van der Waals surface area contributed by atoms with Crippen LogP contribution in [0.15, 0.2) is 5.16 Å². The van der Waals surface area contributed by atoms with Gasteiger partial charge in [0.25, 0.3) is 0 Å². The molecule has 1 aromatic rings. The molecule has 1 heterocycles. The highest BCUT2D eigenvalue weighted by Gasteiger charge is 2.15. The molecule has 0 bridgehead atoms. The van der Waals surface area contributed by atoms with Crippen molar-refractivity contribution >= 4 is 11.8 Å². The quantitative estimate of drug-likeness (QED) is 0.526. The van der Waals surface area contributed by atoms with E-state index in [4.69, 9.17) is 0 Å². The Labute approximate surface area is 99.8 Å². The van der Waals surface area contributed by atoms with Crippen LogP contribution in [0.3, 0.4) is 0 Å². The zero-order chi connectivity index (χ0) is 12.0. The lowest BCUT2D eigenvalue weighted by Crippen LogP contribution is -2.23. The number of tetrazole rings is 1. The first-order valence-electron chi connectivity index (χ1n) is 5.35. The molecule has 0 atom stereocenters. The van der Waals surface area contributed by atoms with Gasteiger partial charge in [-0.2, -0.15) is 0 Å². The van der Waals surface area contributed by atoms with Gasteiger partial charge in [0.1, 0.15) is 0 Å². The number of hydrogen-bond donors (Lipinski definition) is 2. The van der Waals surface area contributed by atoms with Crippen LogP contribution in [-0.4, -0.2) is 49.8 Å². The van der Waals surface area contributed by atoms with Crippen molar-refractivity contribution in [1.29, 1.82) is 0 Å². The van der Waals surface area contributed by atoms with Crippen LogP contribution in [0.4, 0.5) is 0 Å². The maximum atomic E-state index is 9.61. The van der Waals surface area contributed by atoms with Crippen LogP contribution in [0, 0.1) is 0 Å². The summed E-state index contributed by atoms with van der Waals surface area (Å²) in [5.41, 5.74) is -0.705. The molecule has 16 heavy (non-hydrogen) atoms. The summed E-state index contributed by atoms with van der Waals surface area (Å²) in [7, 11) is 0. The number of hydrogen-bond acceptors (Lipinski definition) is 6. The van der Waals surface area contributed by atoms with Gasteiger partial charge >= 0.3 is 0 Å². The Balaban J connectivity index is 2.44. The van der Waals surface area contributed by atoms with Crippen LogP contribution in [0.25, 0.3) is 0 Å². The highest BCUT2D eigenvalue weighted by molar-refractivity contribution is 7.99. The Morgan fingerprint density at radius 1 is 1.50 bits per heavy atom. The van der Waals surface area contributed by atoms with E-state index >= 15 is 0 Å². The van der Waals surface area contributed by atoms with Crippen LogP contribution >= 0.6 is 11.8 Å². The summed E-state index contributed by atoms with van der Waals surface area (Å²) < 4.78 is 1.75. The summed E-state index contributed by atoms with van der Waals surface area (Å²) in [6.07, 6.45) is 0. The molecule has 0 unspecified atom stereocenters. The maximum absolute atomic E-state index is 9.61. The Morgan fingerprint density at radius 2 is 2.25 bits per heavy atom. The van der Waals surface area contributed by atoms with Crippen LogP contribution < -0.4 is 5.32 Å². The number of thioether (sulfide) groups is 1. The van der Waals surface area contributed by atoms with Crippen molar-refractivity contribution in [2.75, 3.05) is 18.8 Å². The minimum Gasteiger partial charge on any atom is -0.390 e. The van der Waals surface area contributed by atoms with Gasteiger partial charge in [-0.05, 0) is 30.8 Å². The topological polar surface area (TPSA) is 75.9 Å². The van der Waals surface area contributed by atoms with E-state index < -0.39 is 5.60 Å². The summed E-state index contributed by atoms with van der Waals surface area (Å²) in [6, 6.07) is 0. The molecule has 0 spiro atoms. The first kappa shape index (κ1) is 13.4. The molecule has 0 aliphatic carbocycles. The van der Waals surface area contributed by atoms with E-state index in [-0.39, 0.29) is 0 Å². The molecule has 0 aromatic carbocycles. The highest BCUT2D eigenvalue weighted by atomic mass is 32.2. The minimum atomic E-state index is -0.705. The van der Waals surface area contributed by atoms with Gasteiger partial charge in [-0.1, -0.05) is 18.7 Å². The Hall–Kier alpha value is -0.660. The van der Waals surface area contributed by atoms with E-state index in [1.165, 1.54) is 11.8 Å². The van der Waals surface area contributed by atoms with Crippen LogP contribution in [0.5, 0.6) is 0 Å². The fraction of sp³-hybridized carbons (Fsp3) is 0.889. The van der Waals surface area contributed by atoms with Gasteiger partial charge in [-0.15, -0.1) is 5.10 Å². The van der Waals surface area contributed by atoms with Crippen LogP contribution in [0.1, 0.15) is 20.8 Å². The predicted octanol–water partition coefficient (Wildman–Crippen LogP) is 0.146. The zero-order valence-corrected chi connectivity index (χ0v) is 10.8. The van der Waals surface area contributed by atoms with E-state index in [0.29, 0.717) is 5.75 Å². The molecular formula is C9H19N5OS. The molecule has 92 valence electrons. The average Bonchev–Trinajstić information content (AvgIpc) is 2.62. The number of aromatic nitrogens is 4. The first-order valence-corrected chi connectivity index (χ1v) is 6.33. The van der Waals surface area contributed by atoms with Crippen molar-refractivity contribution in [3.05, 3.63) is 0 Å². The van der Waals surface area contributed by atoms with Crippen molar-refractivity contribution < 1.29 is 5.11 Å². The molecule has 6 nitrogen and oxygen atoms in total. The molecule has 7 heteroatoms. The normalized spacial score (nSPS) is 12.0. The third kappa shape index (κ3) is 4.91. The van der Waals surface area contributed by atoms with E-state index in [0.717, 1.165) is 24.8 Å². The largest absolute Gasteiger partial charge is 0.390 e. The van der Waals surface area contributed by atoms with Gasteiger partial charge < -0.3 is 10.4 Å². The fourth-order valence-corrected chi connectivity index (χ4v) is 1.90. The molecule has 0 fully saturated rings. The third-order valence-corrected chi connectivity index (χ3v) is 3.21. The summed E-state index contributed by atoms with van der Waals surface area (Å²) in [5.74, 6) is 0.578. The maximum Gasteiger partial charge on any atom is 0.209 e. The van der Waals surface area contributed by atoms with E-state index in [2.05, 4.69) is 27.8 Å². The molecule has 0 aliphatic rings. The zero-order valence-electron chi connectivity index (χ0n) is 9.97. The summed E-state index contributed by atoms with van der Waals surface area (Å²) in [6.45, 7) is 8.13. The number of nitrogens with one attached hydrogen (secondary N) is 1. The summed E-state index contributed by atoms with van der Waals surface area (Å²) in [5, 5.41) is 25.0. The molecular weight excluding hydrogens is 226 g/mol. The van der Waals surface area contributed by atoms with Gasteiger partial charge in [0.2, 0.25) is 5.16 Å².